The van der Waals surface area contributed by atoms with Gasteiger partial charge in [-0.3, -0.25) is 28.9 Å². The highest BCUT2D eigenvalue weighted by atomic mass is 16.2. The maximum absolute atomic E-state index is 13.6. The molecular weight excluding hydrogens is 444 g/mol. The van der Waals surface area contributed by atoms with Gasteiger partial charge in [-0.25, -0.2) is 4.98 Å². The Labute approximate surface area is 204 Å². The summed E-state index contributed by atoms with van der Waals surface area (Å²) in [5.41, 5.74) is 7.64. The van der Waals surface area contributed by atoms with Crippen LogP contribution in [0.3, 0.4) is 0 Å². The lowest BCUT2D eigenvalue weighted by Crippen LogP contribution is -2.69. The van der Waals surface area contributed by atoms with Crippen LogP contribution < -0.4 is 10.6 Å². The molecule has 9 heteroatoms. The number of nitrogens with two attached hydrogens (primary N) is 1. The first-order valence-electron chi connectivity index (χ1n) is 11.7. The molecule has 0 spiro atoms. The van der Waals surface area contributed by atoms with Crippen LogP contribution in [-0.4, -0.2) is 50.5 Å². The van der Waals surface area contributed by atoms with Crippen molar-refractivity contribution in [2.75, 3.05) is 17.7 Å². The van der Waals surface area contributed by atoms with E-state index in [0.717, 1.165) is 22.4 Å². The standard InChI is InChI=1S/C26H30N6O3/c1-4-18(19-8-6-5-7-9-19)16-23(33)32-24(26(35)30(2)22-11-13-29-31(22)3)20(25(32)34)14-17-10-12-28-21(27)15-17/h5-13,15,18,20,24H,4,14,16H2,1-3H3,(H2,27,28)/t18-,20+,24-/m0/s1. The Balaban J connectivity index is 1.60. The lowest BCUT2D eigenvalue weighted by molar-refractivity contribution is -0.170. The smallest absolute Gasteiger partial charge is 0.252 e. The van der Waals surface area contributed by atoms with Crippen molar-refractivity contribution in [1.29, 1.82) is 0 Å². The van der Waals surface area contributed by atoms with Crippen molar-refractivity contribution in [3.63, 3.8) is 0 Å². The van der Waals surface area contributed by atoms with Crippen LogP contribution in [-0.2, 0) is 27.9 Å². The summed E-state index contributed by atoms with van der Waals surface area (Å²) >= 11 is 0. The SMILES string of the molecule is CC[C@@H](CC(=O)N1C(=O)[C@H](Cc2ccnc(N)c2)[C@H]1C(=O)N(C)c1ccnn1C)c1ccccc1. The first-order chi connectivity index (χ1) is 16.8. The van der Waals surface area contributed by atoms with Gasteiger partial charge in [-0.15, -0.1) is 0 Å². The number of aryl methyl sites for hydroxylation is 1. The third-order valence-corrected chi connectivity index (χ3v) is 6.69. The minimum Gasteiger partial charge on any atom is -0.384 e. The number of hydrogen-bond donors (Lipinski definition) is 1. The number of nitrogens with zero attached hydrogens (tertiary/aromatic N) is 5. The van der Waals surface area contributed by atoms with Crippen molar-refractivity contribution in [2.45, 2.75) is 38.1 Å². The summed E-state index contributed by atoms with van der Waals surface area (Å²) in [6, 6.07) is 14.0. The molecule has 2 aromatic heterocycles. The molecule has 3 atom stereocenters. The van der Waals surface area contributed by atoms with Crippen molar-refractivity contribution in [1.82, 2.24) is 19.7 Å². The fraction of sp³-hybridized carbons (Fsp3) is 0.346. The van der Waals surface area contributed by atoms with Crippen molar-refractivity contribution >= 4 is 29.4 Å². The Morgan fingerprint density at radius 1 is 1.14 bits per heavy atom. The first-order valence-corrected chi connectivity index (χ1v) is 11.7. The van der Waals surface area contributed by atoms with Gasteiger partial charge in [0, 0.05) is 32.8 Å². The van der Waals surface area contributed by atoms with E-state index in [0.29, 0.717) is 18.1 Å². The van der Waals surface area contributed by atoms with Gasteiger partial charge in [0.1, 0.15) is 17.7 Å². The van der Waals surface area contributed by atoms with Gasteiger partial charge >= 0.3 is 0 Å². The highest BCUT2D eigenvalue weighted by Crippen LogP contribution is 2.35. The second kappa shape index (κ2) is 10.1. The van der Waals surface area contributed by atoms with Crippen LogP contribution in [0, 0.1) is 5.92 Å². The van der Waals surface area contributed by atoms with Crippen LogP contribution in [0.2, 0.25) is 0 Å². The number of likely N-dealkylation sites (N-methyl/N-ethyl adjacent to an activating group) is 1. The van der Waals surface area contributed by atoms with Crippen LogP contribution in [0.15, 0.2) is 60.9 Å². The Kier molecular flexibility index (Phi) is 6.95. The fourth-order valence-electron chi connectivity index (χ4n) is 4.72. The number of benzene rings is 1. The van der Waals surface area contributed by atoms with Crippen molar-refractivity contribution in [3.05, 3.63) is 72.1 Å². The first kappa shape index (κ1) is 24.1. The zero-order chi connectivity index (χ0) is 25.1. The van der Waals surface area contributed by atoms with E-state index in [-0.39, 0.29) is 30.1 Å². The molecule has 9 nitrogen and oxygen atoms in total. The summed E-state index contributed by atoms with van der Waals surface area (Å²) in [6.07, 6.45) is 4.35. The molecule has 4 rings (SSSR count). The van der Waals surface area contributed by atoms with Crippen molar-refractivity contribution in [3.8, 4) is 0 Å². The van der Waals surface area contributed by atoms with E-state index in [1.54, 1.807) is 49.4 Å². The number of anilines is 2. The van der Waals surface area contributed by atoms with E-state index in [4.69, 9.17) is 5.73 Å². The van der Waals surface area contributed by atoms with Gasteiger partial charge in [0.2, 0.25) is 11.8 Å². The summed E-state index contributed by atoms with van der Waals surface area (Å²) in [6.45, 7) is 2.01. The zero-order valence-corrected chi connectivity index (χ0v) is 20.2. The second-order valence-corrected chi connectivity index (χ2v) is 8.88. The average molecular weight is 475 g/mol. The number of likely N-dealkylation sites (tertiary alicyclic amines) is 1. The van der Waals surface area contributed by atoms with Gasteiger partial charge in [-0.2, -0.15) is 5.10 Å². The normalized spacial score (nSPS) is 18.1. The predicted molar refractivity (Wildman–Crippen MR) is 132 cm³/mol. The number of rotatable bonds is 8. The third-order valence-electron chi connectivity index (χ3n) is 6.69. The fourth-order valence-corrected chi connectivity index (χ4v) is 4.72. The molecule has 0 radical (unpaired) electrons. The van der Waals surface area contributed by atoms with E-state index < -0.39 is 12.0 Å². The van der Waals surface area contributed by atoms with Crippen molar-refractivity contribution < 1.29 is 14.4 Å². The summed E-state index contributed by atoms with van der Waals surface area (Å²) in [5, 5.41) is 4.13. The van der Waals surface area contributed by atoms with E-state index in [2.05, 4.69) is 10.1 Å². The molecular formula is C26H30N6O3. The quantitative estimate of drug-likeness (QED) is 0.502. The van der Waals surface area contributed by atoms with Crippen LogP contribution in [0.1, 0.15) is 36.8 Å². The van der Waals surface area contributed by atoms with E-state index in [1.807, 2.05) is 37.3 Å². The summed E-state index contributed by atoms with van der Waals surface area (Å²) < 4.78 is 1.58. The van der Waals surface area contributed by atoms with Gasteiger partial charge in [0.15, 0.2) is 0 Å². The van der Waals surface area contributed by atoms with E-state index >= 15 is 0 Å². The molecule has 0 aliphatic carbocycles. The molecule has 2 N–H and O–H groups in total. The zero-order valence-electron chi connectivity index (χ0n) is 20.2. The van der Waals surface area contributed by atoms with E-state index in [9.17, 15) is 14.4 Å². The molecule has 1 aliphatic rings. The minimum atomic E-state index is -0.905. The Bertz CT molecular complexity index is 1220. The van der Waals surface area contributed by atoms with Crippen LogP contribution in [0.5, 0.6) is 0 Å². The molecule has 1 saturated heterocycles. The van der Waals surface area contributed by atoms with Crippen LogP contribution in [0.25, 0.3) is 0 Å². The van der Waals surface area contributed by atoms with Gasteiger partial charge in [0.05, 0.1) is 12.1 Å². The number of carbonyl (C=O) groups excluding carboxylic acids is 3. The minimum absolute atomic E-state index is 0.0406. The van der Waals surface area contributed by atoms with Gasteiger partial charge in [-0.05, 0) is 42.0 Å². The molecule has 3 amide bonds. The molecule has 0 saturated carbocycles. The summed E-state index contributed by atoms with van der Waals surface area (Å²) in [7, 11) is 3.36. The monoisotopic (exact) mass is 474 g/mol. The molecule has 1 aliphatic heterocycles. The lowest BCUT2D eigenvalue weighted by Gasteiger charge is -2.46. The maximum atomic E-state index is 13.6. The summed E-state index contributed by atoms with van der Waals surface area (Å²) in [4.78, 5) is 46.9. The molecule has 182 valence electrons. The van der Waals surface area contributed by atoms with E-state index in [1.165, 1.54) is 4.90 Å². The molecule has 1 aromatic carbocycles. The highest BCUT2D eigenvalue weighted by molar-refractivity contribution is 6.12. The number of aromatic nitrogens is 3. The summed E-state index contributed by atoms with van der Waals surface area (Å²) in [5.74, 6) is -0.809. The molecule has 0 bridgehead atoms. The molecule has 0 unspecified atom stereocenters. The number of pyridine rings is 1. The number of β-lactam (4-membered cyclic amide) rings is 1. The Morgan fingerprint density at radius 2 is 1.89 bits per heavy atom. The van der Waals surface area contributed by atoms with Crippen LogP contribution >= 0.6 is 0 Å². The largest absolute Gasteiger partial charge is 0.384 e. The Hall–Kier alpha value is -4.01. The lowest BCUT2D eigenvalue weighted by atomic mass is 9.80. The number of carbonyl (C=O) groups is 3. The average Bonchev–Trinajstić information content (AvgIpc) is 3.29. The molecule has 3 heterocycles. The third kappa shape index (κ3) is 4.80. The number of nitrogen functional groups attached to an aromatic ring is 1. The molecule has 3 aromatic rings. The van der Waals surface area contributed by atoms with Crippen LogP contribution in [0.4, 0.5) is 11.6 Å². The molecule has 35 heavy (non-hydrogen) atoms. The molecule has 1 fully saturated rings. The van der Waals surface area contributed by atoms with Gasteiger partial charge in [-0.1, -0.05) is 37.3 Å². The van der Waals surface area contributed by atoms with Gasteiger partial charge in [0.25, 0.3) is 5.91 Å². The number of imide groups is 1. The second-order valence-electron chi connectivity index (χ2n) is 8.88. The highest BCUT2D eigenvalue weighted by Gasteiger charge is 2.55. The topological polar surface area (TPSA) is 114 Å². The number of amides is 3. The van der Waals surface area contributed by atoms with Crippen molar-refractivity contribution in [2.24, 2.45) is 13.0 Å². The van der Waals surface area contributed by atoms with Gasteiger partial charge < -0.3 is 5.73 Å². The Morgan fingerprint density at radius 3 is 2.51 bits per heavy atom. The maximum Gasteiger partial charge on any atom is 0.252 e. The predicted octanol–water partition coefficient (Wildman–Crippen LogP) is 2.54. The number of hydrogen-bond acceptors (Lipinski definition) is 6.